The minimum absolute atomic E-state index is 0.227. The number of nitrogens with one attached hydrogen (secondary N) is 1. The summed E-state index contributed by atoms with van der Waals surface area (Å²) in [6.45, 7) is 0.876. The maximum absolute atomic E-state index is 11.3. The van der Waals surface area contributed by atoms with Crippen molar-refractivity contribution < 1.29 is 4.79 Å². The highest BCUT2D eigenvalue weighted by Crippen LogP contribution is 2.44. The molecule has 5 heteroatoms. The Hall–Kier alpha value is -0.840. The first-order chi connectivity index (χ1) is 8.17. The van der Waals surface area contributed by atoms with E-state index in [1.165, 1.54) is 0 Å². The maximum atomic E-state index is 11.3. The first kappa shape index (κ1) is 11.3. The number of halogens is 1. The quantitative estimate of drug-likeness (QED) is 0.864. The van der Waals surface area contributed by atoms with Crippen molar-refractivity contribution in [3.63, 3.8) is 0 Å². The average molecular weight is 298 g/mol. The van der Waals surface area contributed by atoms with Crippen LogP contribution in [0.3, 0.4) is 0 Å². The summed E-state index contributed by atoms with van der Waals surface area (Å²) in [5.74, 6) is 0.227. The third kappa shape index (κ3) is 2.12. The summed E-state index contributed by atoms with van der Waals surface area (Å²) in [5, 5.41) is 7.33. The van der Waals surface area contributed by atoms with Gasteiger partial charge in [-0.05, 0) is 47.0 Å². The van der Waals surface area contributed by atoms with Crippen LogP contribution in [0.1, 0.15) is 38.1 Å². The Morgan fingerprint density at radius 1 is 1.47 bits per heavy atom. The molecule has 1 N–H and O–H groups in total. The van der Waals surface area contributed by atoms with Crippen molar-refractivity contribution in [2.24, 2.45) is 5.41 Å². The fourth-order valence-electron chi connectivity index (χ4n) is 3.10. The van der Waals surface area contributed by atoms with Crippen molar-refractivity contribution in [1.29, 1.82) is 0 Å². The van der Waals surface area contributed by atoms with Gasteiger partial charge in [0.1, 0.15) is 0 Å². The largest absolute Gasteiger partial charge is 0.356 e. The zero-order valence-electron chi connectivity index (χ0n) is 9.66. The van der Waals surface area contributed by atoms with E-state index in [-0.39, 0.29) is 11.3 Å². The number of carbonyl (C=O) groups excluding carboxylic acids is 1. The number of hydrogen-bond donors (Lipinski definition) is 1. The monoisotopic (exact) mass is 297 g/mol. The molecule has 3 rings (SSSR count). The number of carbonyl (C=O) groups is 1. The summed E-state index contributed by atoms with van der Waals surface area (Å²) in [7, 11) is 0. The molecule has 2 heterocycles. The van der Waals surface area contributed by atoms with E-state index < -0.39 is 0 Å². The first-order valence-corrected chi connectivity index (χ1v) is 6.93. The van der Waals surface area contributed by atoms with Crippen molar-refractivity contribution in [3.05, 3.63) is 16.9 Å². The van der Waals surface area contributed by atoms with Crippen molar-refractivity contribution in [2.45, 2.75) is 38.1 Å². The molecule has 1 aliphatic carbocycles. The Morgan fingerprint density at radius 2 is 2.24 bits per heavy atom. The van der Waals surface area contributed by atoms with Crippen LogP contribution >= 0.6 is 15.9 Å². The van der Waals surface area contributed by atoms with E-state index >= 15 is 0 Å². The molecule has 0 aromatic carbocycles. The molecule has 0 unspecified atom stereocenters. The number of amides is 1. The standard InChI is InChI=1S/C12H16BrN3O/c13-9-6-15-16(7-9)10-1-3-12(4-2-10)5-11(17)14-8-12/h6-7,10H,1-5,8H2,(H,14,17)/t10-,12+. The van der Waals surface area contributed by atoms with E-state index in [4.69, 9.17) is 0 Å². The van der Waals surface area contributed by atoms with Crippen molar-refractivity contribution >= 4 is 21.8 Å². The van der Waals surface area contributed by atoms with Gasteiger partial charge in [-0.15, -0.1) is 0 Å². The minimum Gasteiger partial charge on any atom is -0.356 e. The van der Waals surface area contributed by atoms with Gasteiger partial charge < -0.3 is 5.32 Å². The molecule has 92 valence electrons. The smallest absolute Gasteiger partial charge is 0.220 e. The summed E-state index contributed by atoms with van der Waals surface area (Å²) < 4.78 is 3.09. The molecule has 1 aromatic heterocycles. The number of hydrogen-bond acceptors (Lipinski definition) is 2. The lowest BCUT2D eigenvalue weighted by molar-refractivity contribution is -0.119. The third-order valence-electron chi connectivity index (χ3n) is 4.16. The van der Waals surface area contributed by atoms with E-state index in [9.17, 15) is 4.79 Å². The van der Waals surface area contributed by atoms with Gasteiger partial charge in [0.15, 0.2) is 0 Å². The molecule has 0 atom stereocenters. The SMILES string of the molecule is O=C1C[C@]2(CC[C@H](n3cc(Br)cn3)CC2)CN1. The first-order valence-electron chi connectivity index (χ1n) is 6.13. The number of rotatable bonds is 1. The number of nitrogens with zero attached hydrogens (tertiary/aromatic N) is 2. The molecule has 2 fully saturated rings. The van der Waals surface area contributed by atoms with Crippen LogP contribution in [-0.4, -0.2) is 22.2 Å². The second-order valence-electron chi connectivity index (χ2n) is 5.32. The van der Waals surface area contributed by atoms with Gasteiger partial charge >= 0.3 is 0 Å². The van der Waals surface area contributed by atoms with Crippen molar-refractivity contribution in [2.75, 3.05) is 6.54 Å². The summed E-state index contributed by atoms with van der Waals surface area (Å²) >= 11 is 3.43. The Labute approximate surface area is 109 Å². The second-order valence-corrected chi connectivity index (χ2v) is 6.24. The molecule has 1 saturated carbocycles. The maximum Gasteiger partial charge on any atom is 0.220 e. The molecular formula is C12H16BrN3O. The fourth-order valence-corrected chi connectivity index (χ4v) is 3.40. The van der Waals surface area contributed by atoms with Crippen LogP contribution in [-0.2, 0) is 4.79 Å². The normalized spacial score (nSPS) is 33.0. The van der Waals surface area contributed by atoms with Crippen molar-refractivity contribution in [3.8, 4) is 0 Å². The van der Waals surface area contributed by atoms with E-state index in [1.807, 2.05) is 12.4 Å². The zero-order chi connectivity index (χ0) is 11.9. The predicted octanol–water partition coefficient (Wildman–Crippen LogP) is 2.27. The van der Waals surface area contributed by atoms with Crippen LogP contribution in [0.15, 0.2) is 16.9 Å². The summed E-state index contributed by atoms with van der Waals surface area (Å²) in [6, 6.07) is 0.502. The molecule has 0 radical (unpaired) electrons. The lowest BCUT2D eigenvalue weighted by Gasteiger charge is -2.35. The minimum atomic E-state index is 0.227. The average Bonchev–Trinajstić information content (AvgIpc) is 2.88. The molecule has 17 heavy (non-hydrogen) atoms. The van der Waals surface area contributed by atoms with E-state index in [1.54, 1.807) is 0 Å². The van der Waals surface area contributed by atoms with Crippen LogP contribution in [0.5, 0.6) is 0 Å². The zero-order valence-corrected chi connectivity index (χ0v) is 11.2. The molecular weight excluding hydrogens is 282 g/mol. The van der Waals surface area contributed by atoms with Gasteiger partial charge in [0, 0.05) is 19.2 Å². The Kier molecular flexibility index (Phi) is 2.73. The highest BCUT2D eigenvalue weighted by Gasteiger charge is 2.41. The van der Waals surface area contributed by atoms with Crippen LogP contribution in [0.4, 0.5) is 0 Å². The number of aromatic nitrogens is 2. The molecule has 0 bridgehead atoms. The Balaban J connectivity index is 1.66. The van der Waals surface area contributed by atoms with Crippen LogP contribution < -0.4 is 5.32 Å². The second kappa shape index (κ2) is 4.12. The highest BCUT2D eigenvalue weighted by atomic mass is 79.9. The van der Waals surface area contributed by atoms with Gasteiger partial charge in [0.2, 0.25) is 5.91 Å². The van der Waals surface area contributed by atoms with Crippen LogP contribution in [0, 0.1) is 5.41 Å². The van der Waals surface area contributed by atoms with E-state index in [0.717, 1.165) is 43.1 Å². The highest BCUT2D eigenvalue weighted by molar-refractivity contribution is 9.10. The molecule has 4 nitrogen and oxygen atoms in total. The van der Waals surface area contributed by atoms with Gasteiger partial charge in [0.05, 0.1) is 16.7 Å². The lowest BCUT2D eigenvalue weighted by atomic mass is 9.72. The molecule has 1 saturated heterocycles. The van der Waals surface area contributed by atoms with Gasteiger partial charge in [-0.3, -0.25) is 9.48 Å². The third-order valence-corrected chi connectivity index (χ3v) is 4.57. The van der Waals surface area contributed by atoms with E-state index in [0.29, 0.717) is 6.04 Å². The van der Waals surface area contributed by atoms with Gasteiger partial charge in [0.25, 0.3) is 0 Å². The van der Waals surface area contributed by atoms with E-state index in [2.05, 4.69) is 31.0 Å². The van der Waals surface area contributed by atoms with Gasteiger partial charge in [-0.2, -0.15) is 5.10 Å². The topological polar surface area (TPSA) is 46.9 Å². The molecule has 1 aliphatic heterocycles. The van der Waals surface area contributed by atoms with Crippen LogP contribution in [0.25, 0.3) is 0 Å². The van der Waals surface area contributed by atoms with Gasteiger partial charge in [-0.1, -0.05) is 0 Å². The molecule has 1 amide bonds. The van der Waals surface area contributed by atoms with Gasteiger partial charge in [-0.25, -0.2) is 0 Å². The predicted molar refractivity (Wildman–Crippen MR) is 67.5 cm³/mol. The summed E-state index contributed by atoms with van der Waals surface area (Å²) in [5.41, 5.74) is 0.248. The van der Waals surface area contributed by atoms with Crippen molar-refractivity contribution in [1.82, 2.24) is 15.1 Å². The molecule has 1 aromatic rings. The molecule has 1 spiro atoms. The fraction of sp³-hybridized carbons (Fsp3) is 0.667. The summed E-state index contributed by atoms with van der Waals surface area (Å²) in [6.07, 6.45) is 9.13. The lowest BCUT2D eigenvalue weighted by Crippen LogP contribution is -2.30. The Bertz CT molecular complexity index is 435. The summed E-state index contributed by atoms with van der Waals surface area (Å²) in [4.78, 5) is 11.3. The molecule has 2 aliphatic rings. The van der Waals surface area contributed by atoms with Crippen LogP contribution in [0.2, 0.25) is 0 Å². The Morgan fingerprint density at radius 3 is 2.76 bits per heavy atom.